The van der Waals surface area contributed by atoms with Gasteiger partial charge < -0.3 is 5.11 Å². The van der Waals surface area contributed by atoms with Gasteiger partial charge in [-0.1, -0.05) is 12.1 Å². The largest absolute Gasteiger partial charge is 0.508 e. The maximum Gasteiger partial charge on any atom is 0.167 e. The van der Waals surface area contributed by atoms with E-state index >= 15 is 0 Å². The normalized spacial score (nSPS) is 17.8. The van der Waals surface area contributed by atoms with Gasteiger partial charge in [0.25, 0.3) is 0 Å². The molecule has 2 aromatic rings. The molecule has 3 nitrogen and oxygen atoms in total. The minimum Gasteiger partial charge on any atom is -0.508 e. The quantitative estimate of drug-likeness (QED) is 0.875. The third-order valence-electron chi connectivity index (χ3n) is 3.47. The summed E-state index contributed by atoms with van der Waals surface area (Å²) in [5.74, 6) is 0.312. The standard InChI is InChI=1S/C15H13NO2/c17-14-3-1-2-12-13(14)9-11(15(12)18)8-10-4-6-16-7-5-10/h1-7,11,17H,8-9H2/t11-/m1/s1. The summed E-state index contributed by atoms with van der Waals surface area (Å²) >= 11 is 0. The van der Waals surface area contributed by atoms with Gasteiger partial charge in [0.15, 0.2) is 5.78 Å². The SMILES string of the molecule is O=C1c2cccc(O)c2C[C@H]1Cc1ccncc1. The fourth-order valence-electron chi connectivity index (χ4n) is 2.55. The fourth-order valence-corrected chi connectivity index (χ4v) is 2.55. The molecule has 1 aliphatic carbocycles. The summed E-state index contributed by atoms with van der Waals surface area (Å²) in [6, 6.07) is 9.01. The van der Waals surface area contributed by atoms with Crippen LogP contribution < -0.4 is 0 Å². The number of hydrogen-bond acceptors (Lipinski definition) is 3. The molecule has 0 unspecified atom stereocenters. The van der Waals surface area contributed by atoms with Crippen molar-refractivity contribution in [3.05, 3.63) is 59.4 Å². The van der Waals surface area contributed by atoms with Crippen molar-refractivity contribution in [2.75, 3.05) is 0 Å². The second-order valence-electron chi connectivity index (χ2n) is 4.63. The summed E-state index contributed by atoms with van der Waals surface area (Å²) < 4.78 is 0. The van der Waals surface area contributed by atoms with Crippen LogP contribution >= 0.6 is 0 Å². The molecule has 0 fully saturated rings. The van der Waals surface area contributed by atoms with Gasteiger partial charge in [-0.15, -0.1) is 0 Å². The Balaban J connectivity index is 1.87. The smallest absolute Gasteiger partial charge is 0.167 e. The van der Waals surface area contributed by atoms with Crippen molar-refractivity contribution in [1.29, 1.82) is 0 Å². The molecule has 1 N–H and O–H groups in total. The van der Waals surface area contributed by atoms with Gasteiger partial charge in [-0.25, -0.2) is 0 Å². The number of ketones is 1. The molecular formula is C15H13NO2. The summed E-state index contributed by atoms with van der Waals surface area (Å²) in [4.78, 5) is 16.2. The highest BCUT2D eigenvalue weighted by molar-refractivity contribution is 6.03. The summed E-state index contributed by atoms with van der Waals surface area (Å²) in [6.45, 7) is 0. The van der Waals surface area contributed by atoms with E-state index in [-0.39, 0.29) is 17.5 Å². The minimum absolute atomic E-state index is 0.0595. The van der Waals surface area contributed by atoms with Gasteiger partial charge in [-0.3, -0.25) is 9.78 Å². The summed E-state index contributed by atoms with van der Waals surface area (Å²) in [5, 5.41) is 9.77. The average Bonchev–Trinajstić information content (AvgIpc) is 2.70. The van der Waals surface area contributed by atoms with Gasteiger partial charge in [0.1, 0.15) is 5.75 Å². The van der Waals surface area contributed by atoms with Crippen LogP contribution in [0, 0.1) is 5.92 Å². The van der Waals surface area contributed by atoms with Crippen molar-refractivity contribution in [2.45, 2.75) is 12.8 Å². The molecule has 3 rings (SSSR count). The molecule has 0 saturated carbocycles. The first kappa shape index (κ1) is 11.0. The van der Waals surface area contributed by atoms with Crippen molar-refractivity contribution in [3.8, 4) is 5.75 Å². The molecule has 0 radical (unpaired) electrons. The lowest BCUT2D eigenvalue weighted by molar-refractivity contribution is 0.0936. The number of rotatable bonds is 2. The molecule has 1 atom stereocenters. The van der Waals surface area contributed by atoms with E-state index in [1.54, 1.807) is 30.6 Å². The molecule has 1 aromatic carbocycles. The van der Waals surface area contributed by atoms with E-state index in [2.05, 4.69) is 4.98 Å². The Morgan fingerprint density at radius 2 is 2.00 bits per heavy atom. The van der Waals surface area contributed by atoms with Gasteiger partial charge >= 0.3 is 0 Å². The molecule has 1 heterocycles. The number of carbonyl (C=O) groups excluding carboxylic acids is 1. The molecule has 3 heteroatoms. The lowest BCUT2D eigenvalue weighted by atomic mass is 9.96. The highest BCUT2D eigenvalue weighted by atomic mass is 16.3. The van der Waals surface area contributed by atoms with Crippen molar-refractivity contribution in [2.24, 2.45) is 5.92 Å². The zero-order valence-corrected chi connectivity index (χ0v) is 9.84. The number of nitrogens with zero attached hydrogens (tertiary/aromatic N) is 1. The van der Waals surface area contributed by atoms with Crippen LogP contribution in [0.5, 0.6) is 5.75 Å². The van der Waals surface area contributed by atoms with Gasteiger partial charge in [-0.2, -0.15) is 0 Å². The maximum atomic E-state index is 12.2. The van der Waals surface area contributed by atoms with Crippen LogP contribution in [0.2, 0.25) is 0 Å². The van der Waals surface area contributed by atoms with E-state index < -0.39 is 0 Å². The van der Waals surface area contributed by atoms with Crippen LogP contribution in [0.1, 0.15) is 21.5 Å². The van der Waals surface area contributed by atoms with Crippen molar-refractivity contribution >= 4 is 5.78 Å². The second kappa shape index (κ2) is 4.26. The molecule has 0 saturated heterocycles. The molecule has 0 amide bonds. The highest BCUT2D eigenvalue weighted by Crippen LogP contribution is 2.34. The average molecular weight is 239 g/mol. The third-order valence-corrected chi connectivity index (χ3v) is 3.47. The number of benzene rings is 1. The van der Waals surface area contributed by atoms with Crippen molar-refractivity contribution < 1.29 is 9.90 Å². The number of phenolic OH excluding ortho intramolecular Hbond substituents is 1. The maximum absolute atomic E-state index is 12.2. The van der Waals surface area contributed by atoms with Crippen LogP contribution in [0.3, 0.4) is 0 Å². The molecule has 18 heavy (non-hydrogen) atoms. The minimum atomic E-state index is -0.0595. The van der Waals surface area contributed by atoms with Crippen molar-refractivity contribution in [1.82, 2.24) is 4.98 Å². The monoisotopic (exact) mass is 239 g/mol. The number of hydrogen-bond donors (Lipinski definition) is 1. The topological polar surface area (TPSA) is 50.2 Å². The first-order valence-corrected chi connectivity index (χ1v) is 5.99. The lowest BCUT2D eigenvalue weighted by Gasteiger charge is -2.07. The zero-order valence-electron chi connectivity index (χ0n) is 9.84. The number of aromatic hydroxyl groups is 1. The Labute approximate surface area is 105 Å². The van der Waals surface area contributed by atoms with Gasteiger partial charge in [-0.05, 0) is 36.6 Å². The second-order valence-corrected chi connectivity index (χ2v) is 4.63. The summed E-state index contributed by atoms with van der Waals surface area (Å²) in [5.41, 5.74) is 2.58. The van der Waals surface area contributed by atoms with Crippen LogP contribution in [0.4, 0.5) is 0 Å². The molecule has 0 bridgehead atoms. The highest BCUT2D eigenvalue weighted by Gasteiger charge is 2.32. The lowest BCUT2D eigenvalue weighted by Crippen LogP contribution is -2.12. The van der Waals surface area contributed by atoms with Gasteiger partial charge in [0.05, 0.1) is 0 Å². The number of carbonyl (C=O) groups is 1. The fraction of sp³-hybridized carbons (Fsp3) is 0.200. The van der Waals surface area contributed by atoms with Crippen molar-refractivity contribution in [3.63, 3.8) is 0 Å². The number of fused-ring (bicyclic) bond motifs is 1. The molecule has 1 aliphatic rings. The summed E-state index contributed by atoms with van der Waals surface area (Å²) in [7, 11) is 0. The Kier molecular flexibility index (Phi) is 2.59. The summed E-state index contributed by atoms with van der Waals surface area (Å²) in [6.07, 6.45) is 4.80. The molecular weight excluding hydrogens is 226 g/mol. The number of aromatic nitrogens is 1. The van der Waals surface area contributed by atoms with E-state index in [4.69, 9.17) is 0 Å². The predicted octanol–water partition coefficient (Wildman–Crippen LogP) is 2.38. The van der Waals surface area contributed by atoms with Crippen LogP contribution in [0.15, 0.2) is 42.7 Å². The first-order chi connectivity index (χ1) is 8.75. The Hall–Kier alpha value is -2.16. The molecule has 1 aromatic heterocycles. The Morgan fingerprint density at radius 1 is 1.22 bits per heavy atom. The Morgan fingerprint density at radius 3 is 2.72 bits per heavy atom. The van der Waals surface area contributed by atoms with E-state index in [0.29, 0.717) is 18.4 Å². The Bertz CT molecular complexity index is 593. The van der Waals surface area contributed by atoms with E-state index in [1.807, 2.05) is 12.1 Å². The van der Waals surface area contributed by atoms with Crippen LogP contribution in [-0.2, 0) is 12.8 Å². The number of phenols is 1. The van der Waals surface area contributed by atoms with Crippen LogP contribution in [0.25, 0.3) is 0 Å². The predicted molar refractivity (Wildman–Crippen MR) is 67.6 cm³/mol. The van der Waals surface area contributed by atoms with E-state index in [1.165, 1.54) is 0 Å². The molecule has 90 valence electrons. The third kappa shape index (κ3) is 1.78. The molecule has 0 aliphatic heterocycles. The van der Waals surface area contributed by atoms with E-state index in [9.17, 15) is 9.90 Å². The zero-order chi connectivity index (χ0) is 12.5. The number of Topliss-reactive ketones (excluding diaryl/α,β-unsaturated/α-hetero) is 1. The van der Waals surface area contributed by atoms with Gasteiger partial charge in [0, 0.05) is 29.4 Å². The van der Waals surface area contributed by atoms with Gasteiger partial charge in [0.2, 0.25) is 0 Å². The molecule has 0 spiro atoms. The first-order valence-electron chi connectivity index (χ1n) is 5.99. The number of pyridine rings is 1. The van der Waals surface area contributed by atoms with Crippen LogP contribution in [-0.4, -0.2) is 15.9 Å². The van der Waals surface area contributed by atoms with E-state index in [0.717, 1.165) is 11.1 Å².